The maximum Gasteiger partial charge on any atom is 0.164 e. The summed E-state index contributed by atoms with van der Waals surface area (Å²) in [5, 5.41) is 4.59. The molecule has 3 aromatic heterocycles. The number of aromatic nitrogens is 4. The Balaban J connectivity index is 1.15. The number of benzene rings is 7. The highest BCUT2D eigenvalue weighted by Crippen LogP contribution is 2.41. The highest BCUT2D eigenvalue weighted by molar-refractivity contribution is 6.16. The molecule has 10 rings (SSSR count). The molecule has 0 spiro atoms. The average Bonchev–Trinajstić information content (AvgIpc) is 3.75. The van der Waals surface area contributed by atoms with Crippen LogP contribution in [0, 0.1) is 0 Å². The minimum absolute atomic E-state index is 0.623. The molecule has 5 nitrogen and oxygen atoms in total. The lowest BCUT2D eigenvalue weighted by Gasteiger charge is -2.10. The van der Waals surface area contributed by atoms with Gasteiger partial charge in [-0.3, -0.25) is 0 Å². The van der Waals surface area contributed by atoms with Gasteiger partial charge in [-0.1, -0.05) is 140 Å². The summed E-state index contributed by atoms with van der Waals surface area (Å²) in [5.74, 6) is 1.90. The van der Waals surface area contributed by atoms with Crippen molar-refractivity contribution in [2.75, 3.05) is 0 Å². The van der Waals surface area contributed by atoms with Gasteiger partial charge in [-0.25, -0.2) is 15.0 Å². The number of fused-ring (bicyclic) bond motifs is 6. The molecule has 0 aliphatic heterocycles. The first-order valence-corrected chi connectivity index (χ1v) is 16.7. The van der Waals surface area contributed by atoms with E-state index in [4.69, 9.17) is 19.4 Å². The van der Waals surface area contributed by atoms with Gasteiger partial charge in [0.05, 0.1) is 16.7 Å². The predicted molar refractivity (Wildman–Crippen MR) is 203 cm³/mol. The van der Waals surface area contributed by atoms with E-state index < -0.39 is 0 Å². The molecular weight excluding hydrogens is 613 g/mol. The quantitative estimate of drug-likeness (QED) is 0.188. The van der Waals surface area contributed by atoms with Crippen LogP contribution < -0.4 is 0 Å². The van der Waals surface area contributed by atoms with Gasteiger partial charge < -0.3 is 8.98 Å². The number of hydrogen-bond acceptors (Lipinski definition) is 4. The number of hydrogen-bond donors (Lipinski definition) is 0. The first kappa shape index (κ1) is 28.2. The zero-order chi connectivity index (χ0) is 33.0. The van der Waals surface area contributed by atoms with Gasteiger partial charge in [-0.05, 0) is 41.5 Å². The van der Waals surface area contributed by atoms with E-state index in [2.05, 4.69) is 114 Å². The van der Waals surface area contributed by atoms with Crippen molar-refractivity contribution in [3.8, 4) is 51.0 Å². The van der Waals surface area contributed by atoms with Crippen molar-refractivity contribution in [1.29, 1.82) is 0 Å². The Bertz CT molecular complexity index is 2760. The van der Waals surface area contributed by atoms with Crippen LogP contribution in [0.25, 0.3) is 94.7 Å². The number of para-hydroxylation sites is 3. The van der Waals surface area contributed by atoms with Gasteiger partial charge in [0, 0.05) is 38.2 Å². The van der Waals surface area contributed by atoms with Crippen molar-refractivity contribution in [2.45, 2.75) is 0 Å². The summed E-state index contributed by atoms with van der Waals surface area (Å²) in [6, 6.07) is 58.5. The van der Waals surface area contributed by atoms with Crippen molar-refractivity contribution >= 4 is 43.7 Å². The van der Waals surface area contributed by atoms with Crippen LogP contribution in [0.1, 0.15) is 0 Å². The monoisotopic (exact) mass is 640 g/mol. The summed E-state index contributed by atoms with van der Waals surface area (Å²) >= 11 is 0. The molecule has 0 saturated carbocycles. The Kier molecular flexibility index (Phi) is 6.42. The lowest BCUT2D eigenvalue weighted by molar-refractivity contribution is 0.666. The second-order valence-electron chi connectivity index (χ2n) is 12.4. The van der Waals surface area contributed by atoms with E-state index in [1.807, 2.05) is 60.7 Å². The lowest BCUT2D eigenvalue weighted by Crippen LogP contribution is -2.00. The van der Waals surface area contributed by atoms with Crippen LogP contribution >= 0.6 is 0 Å². The van der Waals surface area contributed by atoms with Crippen LogP contribution in [0.2, 0.25) is 0 Å². The fraction of sp³-hybridized carbons (Fsp3) is 0. The van der Waals surface area contributed by atoms with E-state index in [1.165, 1.54) is 10.8 Å². The summed E-state index contributed by atoms with van der Waals surface area (Å²) in [4.78, 5) is 14.8. The summed E-state index contributed by atoms with van der Waals surface area (Å²) in [7, 11) is 0. The fourth-order valence-electron chi connectivity index (χ4n) is 7.20. The molecule has 0 N–H and O–H groups in total. The first-order valence-electron chi connectivity index (χ1n) is 16.7. The van der Waals surface area contributed by atoms with Crippen LogP contribution in [-0.4, -0.2) is 19.5 Å². The highest BCUT2D eigenvalue weighted by Gasteiger charge is 2.20. The zero-order valence-corrected chi connectivity index (χ0v) is 26.9. The molecule has 5 heteroatoms. The van der Waals surface area contributed by atoms with E-state index in [0.29, 0.717) is 17.5 Å². The Morgan fingerprint density at radius 3 is 1.56 bits per heavy atom. The van der Waals surface area contributed by atoms with Crippen molar-refractivity contribution < 1.29 is 4.42 Å². The van der Waals surface area contributed by atoms with Gasteiger partial charge in [-0.2, -0.15) is 0 Å². The van der Waals surface area contributed by atoms with Gasteiger partial charge in [0.15, 0.2) is 23.1 Å². The Morgan fingerprint density at radius 1 is 0.400 bits per heavy atom. The van der Waals surface area contributed by atoms with Crippen molar-refractivity contribution in [2.24, 2.45) is 0 Å². The highest BCUT2D eigenvalue weighted by atomic mass is 16.3. The third kappa shape index (κ3) is 4.52. The minimum Gasteiger partial charge on any atom is -0.454 e. The molecule has 234 valence electrons. The largest absolute Gasteiger partial charge is 0.454 e. The smallest absolute Gasteiger partial charge is 0.164 e. The maximum atomic E-state index is 6.76. The van der Waals surface area contributed by atoms with Crippen LogP contribution in [0.5, 0.6) is 0 Å². The maximum absolute atomic E-state index is 6.76. The molecule has 0 bridgehead atoms. The summed E-state index contributed by atoms with van der Waals surface area (Å²) in [5.41, 5.74) is 9.95. The minimum atomic E-state index is 0.623. The Morgan fingerprint density at radius 2 is 0.900 bits per heavy atom. The van der Waals surface area contributed by atoms with Gasteiger partial charge in [-0.15, -0.1) is 0 Å². The molecular formula is C45H28N4O. The fourth-order valence-corrected chi connectivity index (χ4v) is 7.20. The van der Waals surface area contributed by atoms with E-state index in [-0.39, 0.29) is 0 Å². The summed E-state index contributed by atoms with van der Waals surface area (Å²) in [6.07, 6.45) is 0. The standard InChI is InChI=1S/C45H28N4O/c1-3-14-29(15-4-1)43-46-44(30-16-5-2-6-17-30)48-45(47-43)32-19-11-18-31(28-32)33-22-13-27-40-41(33)36-23-12-26-39(42(36)50-40)49-37-24-9-7-20-34(37)35-21-8-10-25-38(35)49/h1-28H. The third-order valence-corrected chi connectivity index (χ3v) is 9.45. The molecule has 0 aliphatic rings. The molecule has 0 saturated heterocycles. The molecule has 10 aromatic rings. The molecule has 50 heavy (non-hydrogen) atoms. The van der Waals surface area contributed by atoms with E-state index in [0.717, 1.165) is 66.5 Å². The van der Waals surface area contributed by atoms with Gasteiger partial charge >= 0.3 is 0 Å². The average molecular weight is 641 g/mol. The van der Waals surface area contributed by atoms with Gasteiger partial charge in [0.2, 0.25) is 0 Å². The van der Waals surface area contributed by atoms with E-state index >= 15 is 0 Å². The SMILES string of the molecule is c1ccc(-c2nc(-c3ccccc3)nc(-c3cccc(-c4cccc5oc6c(-n7c8ccccc8c8ccccc87)cccc6c45)c3)n2)cc1. The van der Waals surface area contributed by atoms with Crippen molar-refractivity contribution in [3.63, 3.8) is 0 Å². The molecule has 7 aromatic carbocycles. The third-order valence-electron chi connectivity index (χ3n) is 9.45. The Hall–Kier alpha value is -6.85. The molecule has 0 amide bonds. The predicted octanol–water partition coefficient (Wildman–Crippen LogP) is 11.5. The molecule has 0 aliphatic carbocycles. The molecule has 0 unspecified atom stereocenters. The van der Waals surface area contributed by atoms with Crippen LogP contribution in [0.15, 0.2) is 174 Å². The zero-order valence-electron chi connectivity index (χ0n) is 26.9. The van der Waals surface area contributed by atoms with Crippen molar-refractivity contribution in [1.82, 2.24) is 19.5 Å². The number of rotatable bonds is 5. The second-order valence-corrected chi connectivity index (χ2v) is 12.4. The molecule has 0 atom stereocenters. The first-order chi connectivity index (χ1) is 24.8. The topological polar surface area (TPSA) is 56.7 Å². The van der Waals surface area contributed by atoms with Crippen LogP contribution in [-0.2, 0) is 0 Å². The van der Waals surface area contributed by atoms with Crippen molar-refractivity contribution in [3.05, 3.63) is 170 Å². The lowest BCUT2D eigenvalue weighted by atomic mass is 9.97. The van der Waals surface area contributed by atoms with Crippen LogP contribution in [0.3, 0.4) is 0 Å². The number of nitrogens with zero attached hydrogens (tertiary/aromatic N) is 4. The summed E-state index contributed by atoms with van der Waals surface area (Å²) in [6.45, 7) is 0. The Labute approximate surface area is 287 Å². The molecule has 3 heterocycles. The normalized spacial score (nSPS) is 11.6. The van der Waals surface area contributed by atoms with Gasteiger partial charge in [0.1, 0.15) is 5.58 Å². The number of furan rings is 1. The van der Waals surface area contributed by atoms with Crippen LogP contribution in [0.4, 0.5) is 0 Å². The summed E-state index contributed by atoms with van der Waals surface area (Å²) < 4.78 is 9.08. The van der Waals surface area contributed by atoms with E-state index in [1.54, 1.807) is 0 Å². The van der Waals surface area contributed by atoms with Gasteiger partial charge in [0.25, 0.3) is 0 Å². The van der Waals surface area contributed by atoms with E-state index in [9.17, 15) is 0 Å². The molecule has 0 radical (unpaired) electrons. The second kappa shape index (κ2) is 11.4. The molecule has 0 fully saturated rings.